The number of carbonyl (C=O) groups excluding carboxylic acids is 1. The lowest BCUT2D eigenvalue weighted by atomic mass is 10.1. The number of methoxy groups -OCH3 is 1. The van der Waals surface area contributed by atoms with Crippen molar-refractivity contribution in [1.29, 1.82) is 0 Å². The van der Waals surface area contributed by atoms with E-state index < -0.39 is 22.0 Å². The average Bonchev–Trinajstić information content (AvgIpc) is 2.54. The van der Waals surface area contributed by atoms with Gasteiger partial charge in [-0.2, -0.15) is 0 Å². The van der Waals surface area contributed by atoms with Gasteiger partial charge in [0.2, 0.25) is 10.0 Å². The zero-order valence-corrected chi connectivity index (χ0v) is 14.1. The topological polar surface area (TPSA) is 85.4 Å². The highest BCUT2D eigenvalue weighted by Crippen LogP contribution is 2.25. The zero-order valence-electron chi connectivity index (χ0n) is 12.5. The van der Waals surface area contributed by atoms with Gasteiger partial charge < -0.3 is 4.74 Å². The Balaban J connectivity index is 2.34. The van der Waals surface area contributed by atoms with Gasteiger partial charge in [0.1, 0.15) is 4.90 Å². The van der Waals surface area contributed by atoms with E-state index in [4.69, 9.17) is 11.6 Å². The third kappa shape index (κ3) is 4.07. The molecule has 0 radical (unpaired) electrons. The van der Waals surface area contributed by atoms with Gasteiger partial charge in [0.15, 0.2) is 0 Å². The smallest absolute Gasteiger partial charge is 0.337 e. The van der Waals surface area contributed by atoms with E-state index in [1.54, 1.807) is 31.5 Å². The molecule has 1 heterocycles. The standard InChI is InChI=1S/C15H15ClN2O4S/c1-10(11-5-7-17-8-6-11)18-23(20,21)14-9-12(15(19)22-2)3-4-13(14)16/h3-10,18H,1-2H3/t10-/m0/s1. The molecule has 0 spiro atoms. The summed E-state index contributed by atoms with van der Waals surface area (Å²) in [6, 6.07) is 6.87. The fourth-order valence-corrected chi connectivity index (χ4v) is 3.73. The van der Waals surface area contributed by atoms with Gasteiger partial charge >= 0.3 is 5.97 Å². The number of nitrogens with one attached hydrogen (secondary N) is 1. The summed E-state index contributed by atoms with van der Waals surface area (Å²) in [5.74, 6) is -0.639. The number of rotatable bonds is 5. The summed E-state index contributed by atoms with van der Waals surface area (Å²) in [6.45, 7) is 1.70. The van der Waals surface area contributed by atoms with Crippen molar-refractivity contribution in [3.8, 4) is 0 Å². The van der Waals surface area contributed by atoms with Crippen LogP contribution >= 0.6 is 11.6 Å². The van der Waals surface area contributed by atoms with Crippen molar-refractivity contribution >= 4 is 27.6 Å². The number of esters is 1. The predicted molar refractivity (Wildman–Crippen MR) is 85.8 cm³/mol. The largest absolute Gasteiger partial charge is 0.465 e. The van der Waals surface area contributed by atoms with E-state index in [2.05, 4.69) is 14.4 Å². The Labute approximate surface area is 139 Å². The predicted octanol–water partition coefficient (Wildman–Crippen LogP) is 2.56. The van der Waals surface area contributed by atoms with Crippen LogP contribution in [-0.4, -0.2) is 26.5 Å². The van der Waals surface area contributed by atoms with E-state index >= 15 is 0 Å². The van der Waals surface area contributed by atoms with E-state index in [1.807, 2.05) is 0 Å². The molecule has 1 N–H and O–H groups in total. The summed E-state index contributed by atoms with van der Waals surface area (Å²) in [5.41, 5.74) is 0.859. The van der Waals surface area contributed by atoms with Gasteiger partial charge in [-0.05, 0) is 42.8 Å². The molecule has 1 atom stereocenters. The summed E-state index contributed by atoms with van der Waals surface area (Å²) in [7, 11) is -2.70. The Hall–Kier alpha value is -1.96. The highest BCUT2D eigenvalue weighted by Gasteiger charge is 2.23. The van der Waals surface area contributed by atoms with Crippen LogP contribution in [0.15, 0.2) is 47.6 Å². The molecule has 1 aromatic carbocycles. The molecule has 122 valence electrons. The van der Waals surface area contributed by atoms with E-state index in [0.717, 1.165) is 5.56 Å². The second kappa shape index (κ2) is 7.08. The third-order valence-electron chi connectivity index (χ3n) is 3.18. The van der Waals surface area contributed by atoms with Crippen LogP contribution in [0, 0.1) is 0 Å². The molecule has 0 aliphatic carbocycles. The minimum Gasteiger partial charge on any atom is -0.465 e. The number of nitrogens with zero attached hydrogens (tertiary/aromatic N) is 1. The molecule has 0 unspecified atom stereocenters. The zero-order chi connectivity index (χ0) is 17.0. The van der Waals surface area contributed by atoms with Crippen molar-refractivity contribution in [2.75, 3.05) is 7.11 Å². The Kier molecular flexibility index (Phi) is 5.35. The Morgan fingerprint density at radius 2 is 1.91 bits per heavy atom. The number of ether oxygens (including phenoxy) is 1. The Morgan fingerprint density at radius 3 is 2.52 bits per heavy atom. The van der Waals surface area contributed by atoms with Gasteiger partial charge in [-0.15, -0.1) is 0 Å². The van der Waals surface area contributed by atoms with Crippen LogP contribution in [0.25, 0.3) is 0 Å². The SMILES string of the molecule is COC(=O)c1ccc(Cl)c(S(=O)(=O)N[C@@H](C)c2ccncc2)c1. The average molecular weight is 355 g/mol. The number of halogens is 1. The molecule has 0 saturated heterocycles. The molecule has 6 nitrogen and oxygen atoms in total. The van der Waals surface area contributed by atoms with Crippen molar-refractivity contribution in [2.45, 2.75) is 17.9 Å². The summed E-state index contributed by atoms with van der Waals surface area (Å²) in [4.78, 5) is 15.3. The number of sulfonamides is 1. The quantitative estimate of drug-likeness (QED) is 0.834. The lowest BCUT2D eigenvalue weighted by Crippen LogP contribution is -2.27. The molecule has 0 aliphatic rings. The maximum Gasteiger partial charge on any atom is 0.337 e. The number of benzene rings is 1. The van der Waals surface area contributed by atoms with E-state index in [1.165, 1.54) is 25.3 Å². The lowest BCUT2D eigenvalue weighted by molar-refractivity contribution is 0.0600. The number of carbonyl (C=O) groups is 1. The maximum atomic E-state index is 12.5. The van der Waals surface area contributed by atoms with Gasteiger partial charge in [0, 0.05) is 18.4 Å². The van der Waals surface area contributed by atoms with Gasteiger partial charge in [-0.3, -0.25) is 4.98 Å². The first-order valence-corrected chi connectivity index (χ1v) is 8.51. The van der Waals surface area contributed by atoms with Crippen LogP contribution < -0.4 is 4.72 Å². The molecule has 2 aromatic rings. The van der Waals surface area contributed by atoms with Crippen molar-refractivity contribution < 1.29 is 17.9 Å². The van der Waals surface area contributed by atoms with Crippen molar-refractivity contribution in [1.82, 2.24) is 9.71 Å². The molecule has 0 fully saturated rings. The number of pyridine rings is 1. The van der Waals surface area contributed by atoms with Crippen molar-refractivity contribution in [3.63, 3.8) is 0 Å². The molecule has 8 heteroatoms. The monoisotopic (exact) mass is 354 g/mol. The van der Waals surface area contributed by atoms with Gasteiger partial charge in [0.05, 0.1) is 17.7 Å². The summed E-state index contributed by atoms with van der Waals surface area (Å²) < 4.78 is 32.2. The first-order chi connectivity index (χ1) is 10.8. The van der Waals surface area contributed by atoms with Crippen LogP contribution in [0.3, 0.4) is 0 Å². The first-order valence-electron chi connectivity index (χ1n) is 6.65. The minimum atomic E-state index is -3.91. The number of hydrogen-bond donors (Lipinski definition) is 1. The molecule has 0 saturated carbocycles. The lowest BCUT2D eigenvalue weighted by Gasteiger charge is -2.15. The molecule has 2 rings (SSSR count). The molecular formula is C15H15ClN2O4S. The van der Waals surface area contributed by atoms with Crippen LogP contribution in [0.4, 0.5) is 0 Å². The Morgan fingerprint density at radius 1 is 1.26 bits per heavy atom. The summed E-state index contributed by atoms with van der Waals surface area (Å²) in [5, 5.41) is 0.0204. The van der Waals surface area contributed by atoms with Crippen molar-refractivity contribution in [2.24, 2.45) is 0 Å². The molecule has 0 bridgehead atoms. The van der Waals surface area contributed by atoms with Crippen molar-refractivity contribution in [3.05, 3.63) is 58.9 Å². The van der Waals surface area contributed by atoms with Crippen LogP contribution in [-0.2, 0) is 14.8 Å². The number of aromatic nitrogens is 1. The second-order valence-electron chi connectivity index (χ2n) is 4.76. The molecule has 1 aromatic heterocycles. The van der Waals surface area contributed by atoms with Crippen LogP contribution in [0.5, 0.6) is 0 Å². The molecule has 0 amide bonds. The molecular weight excluding hydrogens is 340 g/mol. The maximum absolute atomic E-state index is 12.5. The fourth-order valence-electron chi connectivity index (χ4n) is 1.97. The summed E-state index contributed by atoms with van der Waals surface area (Å²) >= 11 is 5.98. The normalized spacial score (nSPS) is 12.7. The number of hydrogen-bond acceptors (Lipinski definition) is 5. The third-order valence-corrected chi connectivity index (χ3v) is 5.20. The van der Waals surface area contributed by atoms with E-state index in [9.17, 15) is 13.2 Å². The van der Waals surface area contributed by atoms with E-state index in [0.29, 0.717) is 0 Å². The minimum absolute atomic E-state index is 0.0204. The highest BCUT2D eigenvalue weighted by atomic mass is 35.5. The Bertz CT molecular complexity index is 809. The highest BCUT2D eigenvalue weighted by molar-refractivity contribution is 7.89. The van der Waals surface area contributed by atoms with Gasteiger partial charge in [0.25, 0.3) is 0 Å². The van der Waals surface area contributed by atoms with Gasteiger partial charge in [-0.25, -0.2) is 17.9 Å². The molecule has 23 heavy (non-hydrogen) atoms. The van der Waals surface area contributed by atoms with Crippen LogP contribution in [0.2, 0.25) is 5.02 Å². The second-order valence-corrected chi connectivity index (χ2v) is 6.85. The molecule has 0 aliphatic heterocycles. The van der Waals surface area contributed by atoms with E-state index in [-0.39, 0.29) is 15.5 Å². The summed E-state index contributed by atoms with van der Waals surface area (Å²) in [6.07, 6.45) is 3.15. The van der Waals surface area contributed by atoms with Gasteiger partial charge in [-0.1, -0.05) is 11.6 Å². The van der Waals surface area contributed by atoms with Crippen LogP contribution in [0.1, 0.15) is 28.9 Å². The first kappa shape index (κ1) is 17.4. The fraction of sp³-hybridized carbons (Fsp3) is 0.200.